The van der Waals surface area contributed by atoms with Gasteiger partial charge < -0.3 is 10.2 Å². The van der Waals surface area contributed by atoms with Gasteiger partial charge in [0, 0.05) is 0 Å². The van der Waals surface area contributed by atoms with Crippen LogP contribution in [0.3, 0.4) is 0 Å². The van der Waals surface area contributed by atoms with E-state index in [0.29, 0.717) is 0 Å². The fourth-order valence-electron chi connectivity index (χ4n) is 0.447. The molecule has 0 bridgehead atoms. The molecule has 0 radical (unpaired) electrons. The molecular weight excluding hydrogens is 271 g/mol. The highest BCUT2D eigenvalue weighted by atomic mass is 35.5. The van der Waals surface area contributed by atoms with Gasteiger partial charge in [0.2, 0.25) is 0 Å². The average Bonchev–Trinajstić information content (AvgIpc) is 2.22. The first-order valence-electron chi connectivity index (χ1n) is 3.93. The van der Waals surface area contributed by atoms with Crippen LogP contribution in [0.25, 0.3) is 0 Å². The molecule has 15 heavy (non-hydrogen) atoms. The van der Waals surface area contributed by atoms with Crippen molar-refractivity contribution in [2.75, 3.05) is 25.0 Å². The van der Waals surface area contributed by atoms with E-state index in [-0.39, 0.29) is 11.8 Å². The Hall–Kier alpha value is 0.370. The van der Waals surface area contributed by atoms with Crippen LogP contribution in [0.15, 0.2) is 0 Å². The van der Waals surface area contributed by atoms with Crippen LogP contribution in [-0.2, 0) is 18.8 Å². The zero-order valence-electron chi connectivity index (χ0n) is 7.67. The van der Waals surface area contributed by atoms with Crippen molar-refractivity contribution in [2.24, 2.45) is 0 Å². The third-order valence-electron chi connectivity index (χ3n) is 1.17. The highest BCUT2D eigenvalue weighted by Gasteiger charge is 2.16. The Morgan fingerprint density at radius 3 is 1.60 bits per heavy atom. The Balaban J connectivity index is 3.87. The van der Waals surface area contributed by atoms with Crippen LogP contribution in [0.2, 0.25) is 0 Å². The van der Waals surface area contributed by atoms with Gasteiger partial charge in [-0.3, -0.25) is 0 Å². The van der Waals surface area contributed by atoms with Gasteiger partial charge in [0.1, 0.15) is 0 Å². The molecule has 0 rings (SSSR count). The average molecular weight is 283 g/mol. The van der Waals surface area contributed by atoms with Gasteiger partial charge in [-0.15, -0.1) is 23.2 Å². The van der Waals surface area contributed by atoms with Crippen molar-refractivity contribution < 1.29 is 27.0 Å². The predicted molar refractivity (Wildman–Crippen MR) is 54.3 cm³/mol. The maximum atomic E-state index is 10.9. The summed E-state index contributed by atoms with van der Waals surface area (Å²) >= 11 is 10.4. The first-order valence-corrected chi connectivity index (χ1v) is 6.33. The van der Waals surface area contributed by atoms with Crippen LogP contribution in [0, 0.1) is 0 Å². The first-order chi connectivity index (χ1) is 6.91. The van der Waals surface area contributed by atoms with Crippen molar-refractivity contribution in [1.29, 1.82) is 0 Å². The highest BCUT2D eigenvalue weighted by molar-refractivity contribution is 7.81. The Labute approximate surface area is 98.0 Å². The van der Waals surface area contributed by atoms with Crippen molar-refractivity contribution in [3.05, 3.63) is 0 Å². The van der Waals surface area contributed by atoms with Crippen molar-refractivity contribution >= 4 is 33.6 Å². The predicted octanol–water partition coefficient (Wildman–Crippen LogP) is -0.536. The van der Waals surface area contributed by atoms with Gasteiger partial charge in [0.25, 0.3) is 0 Å². The molecule has 0 heterocycles. The normalized spacial score (nSPS) is 16.3. The Morgan fingerprint density at radius 1 is 1.00 bits per heavy atom. The molecule has 9 heteroatoms. The molecule has 0 aliphatic carbocycles. The lowest BCUT2D eigenvalue weighted by Gasteiger charge is -2.10. The SMILES string of the molecule is O=S(=O)(OCC(O)CCl)OCC(O)CCl. The molecule has 6 nitrogen and oxygen atoms in total. The molecule has 0 aromatic rings. The number of aliphatic hydroxyl groups is 2. The van der Waals surface area contributed by atoms with Crippen molar-refractivity contribution in [1.82, 2.24) is 0 Å². The van der Waals surface area contributed by atoms with E-state index >= 15 is 0 Å². The van der Waals surface area contributed by atoms with Crippen LogP contribution in [0.5, 0.6) is 0 Å². The number of hydrogen-bond acceptors (Lipinski definition) is 6. The molecule has 2 unspecified atom stereocenters. The second kappa shape index (κ2) is 7.61. The van der Waals surface area contributed by atoms with E-state index in [1.165, 1.54) is 0 Å². The van der Waals surface area contributed by atoms with Crippen LogP contribution < -0.4 is 0 Å². The van der Waals surface area contributed by atoms with E-state index in [2.05, 4.69) is 8.37 Å². The summed E-state index contributed by atoms with van der Waals surface area (Å²) < 4.78 is 30.3. The van der Waals surface area contributed by atoms with Gasteiger partial charge in [-0.2, -0.15) is 8.42 Å². The molecule has 2 N–H and O–H groups in total. The van der Waals surface area contributed by atoms with Gasteiger partial charge in [-0.05, 0) is 0 Å². The van der Waals surface area contributed by atoms with E-state index in [1.54, 1.807) is 0 Å². The summed E-state index contributed by atoms with van der Waals surface area (Å²) in [5, 5.41) is 17.8. The lowest BCUT2D eigenvalue weighted by atomic mass is 10.4. The topological polar surface area (TPSA) is 93.1 Å². The quantitative estimate of drug-likeness (QED) is 0.581. The molecule has 0 saturated heterocycles. The second-order valence-corrected chi connectivity index (χ2v) is 4.50. The highest BCUT2D eigenvalue weighted by Crippen LogP contribution is 2.01. The molecule has 0 aromatic heterocycles. The molecule has 2 atom stereocenters. The maximum Gasteiger partial charge on any atom is 0.400 e. The minimum absolute atomic E-state index is 0.153. The van der Waals surface area contributed by atoms with E-state index in [0.717, 1.165) is 0 Å². The van der Waals surface area contributed by atoms with Crippen LogP contribution in [0.4, 0.5) is 0 Å². The van der Waals surface area contributed by atoms with Crippen LogP contribution in [0.1, 0.15) is 0 Å². The maximum absolute atomic E-state index is 10.9. The summed E-state index contributed by atoms with van der Waals surface area (Å²) in [7, 11) is -4.23. The molecule has 0 saturated carbocycles. The second-order valence-electron chi connectivity index (χ2n) is 2.59. The Bertz CT molecular complexity index is 236. The summed E-state index contributed by atoms with van der Waals surface area (Å²) in [5.74, 6) is -0.306. The molecule has 0 fully saturated rings. The molecule has 0 amide bonds. The molecule has 0 spiro atoms. The fraction of sp³-hybridized carbons (Fsp3) is 1.00. The van der Waals surface area contributed by atoms with Crippen molar-refractivity contribution in [3.63, 3.8) is 0 Å². The third kappa shape index (κ3) is 8.21. The standard InChI is InChI=1S/C6H12Cl2O6S/c7-1-5(9)3-13-15(11,12)14-4-6(10)2-8/h5-6,9-10H,1-4H2. The lowest BCUT2D eigenvalue weighted by molar-refractivity contribution is 0.0889. The molecule has 0 aliphatic rings. The molecule has 0 aliphatic heterocycles. The largest absolute Gasteiger partial charge is 0.400 e. The van der Waals surface area contributed by atoms with E-state index in [1.807, 2.05) is 0 Å². The summed E-state index contributed by atoms with van der Waals surface area (Å²) in [4.78, 5) is 0. The van der Waals surface area contributed by atoms with Gasteiger partial charge in [-0.25, -0.2) is 8.37 Å². The van der Waals surface area contributed by atoms with Crippen molar-refractivity contribution in [3.8, 4) is 0 Å². The number of rotatable bonds is 8. The molecular formula is C6H12Cl2O6S. The minimum Gasteiger partial charge on any atom is -0.389 e. The zero-order valence-corrected chi connectivity index (χ0v) is 10.0. The van der Waals surface area contributed by atoms with Gasteiger partial charge >= 0.3 is 10.4 Å². The smallest absolute Gasteiger partial charge is 0.389 e. The monoisotopic (exact) mass is 282 g/mol. The minimum atomic E-state index is -4.23. The van der Waals surface area contributed by atoms with E-state index in [9.17, 15) is 8.42 Å². The number of halogens is 2. The number of hydrogen-bond donors (Lipinski definition) is 2. The van der Waals surface area contributed by atoms with Gasteiger partial charge in [-0.1, -0.05) is 0 Å². The summed E-state index contributed by atoms with van der Waals surface area (Å²) in [5.41, 5.74) is 0. The number of alkyl halides is 2. The van der Waals surface area contributed by atoms with Crippen molar-refractivity contribution in [2.45, 2.75) is 12.2 Å². The molecule has 92 valence electrons. The van der Waals surface area contributed by atoms with Crippen LogP contribution in [-0.4, -0.2) is 55.8 Å². The third-order valence-corrected chi connectivity index (χ3v) is 2.73. The Kier molecular flexibility index (Phi) is 7.80. The van der Waals surface area contributed by atoms with E-state index < -0.39 is 35.8 Å². The first kappa shape index (κ1) is 15.4. The van der Waals surface area contributed by atoms with Gasteiger partial charge in [0.05, 0.1) is 37.2 Å². The molecule has 0 aromatic carbocycles. The summed E-state index contributed by atoms with van der Waals surface area (Å²) in [6.07, 6.45) is -2.19. The van der Waals surface area contributed by atoms with Gasteiger partial charge in [0.15, 0.2) is 0 Å². The summed E-state index contributed by atoms with van der Waals surface area (Å²) in [6, 6.07) is 0. The fourth-order valence-corrected chi connectivity index (χ4v) is 1.34. The van der Waals surface area contributed by atoms with Crippen LogP contribution >= 0.6 is 23.2 Å². The summed E-state index contributed by atoms with van der Waals surface area (Å²) in [6.45, 7) is -0.994. The lowest BCUT2D eigenvalue weighted by Crippen LogP contribution is -2.25. The van der Waals surface area contributed by atoms with E-state index in [4.69, 9.17) is 33.4 Å². The Morgan fingerprint density at radius 2 is 1.33 bits per heavy atom. The zero-order chi connectivity index (χ0) is 11.9. The number of aliphatic hydroxyl groups excluding tert-OH is 2.